The standard InChI is InChI=1S/C56H38BN3O2Si/c1-63(2)52-25-13-21-44-55(52)57-54-46(59(44)37-27-29-42-40-19-9-11-23-48(40)61-50(42)33-37)31-39(58(35-15-5-3-6-16-35)36-17-7-4-8-18-36)32-47(54)60(45-22-14-26-53(63)56(45)57)38-28-30-43-41-20-10-12-24-49(41)62-51(43)34-38/h3-34H,1-2H3. The van der Waals surface area contributed by atoms with Gasteiger partial charge in [-0.3, -0.25) is 0 Å². The van der Waals surface area contributed by atoms with E-state index in [-0.39, 0.29) is 6.71 Å². The lowest BCUT2D eigenvalue weighted by atomic mass is 9.33. The number of hydrogen-bond acceptors (Lipinski definition) is 5. The van der Waals surface area contributed by atoms with Crippen molar-refractivity contribution < 1.29 is 8.83 Å². The number of hydrogen-bond donors (Lipinski definition) is 0. The topological polar surface area (TPSA) is 36.0 Å². The third-order valence-corrected chi connectivity index (χ3v) is 17.6. The Balaban J connectivity index is 1.12. The van der Waals surface area contributed by atoms with Crippen molar-refractivity contribution in [2.45, 2.75) is 13.1 Å². The van der Waals surface area contributed by atoms with Gasteiger partial charge in [0.05, 0.1) is 5.69 Å². The van der Waals surface area contributed by atoms with Gasteiger partial charge in [-0.05, 0) is 101 Å². The number of anilines is 9. The minimum absolute atomic E-state index is 0.0428. The molecule has 0 spiro atoms. The number of benzene rings is 9. The fourth-order valence-corrected chi connectivity index (χ4v) is 14.5. The normalized spacial score (nSPS) is 14.2. The molecule has 5 nitrogen and oxygen atoms in total. The molecule has 0 saturated heterocycles. The quantitative estimate of drug-likeness (QED) is 0.162. The van der Waals surface area contributed by atoms with Gasteiger partial charge in [-0.25, -0.2) is 0 Å². The second kappa shape index (κ2) is 12.7. The van der Waals surface area contributed by atoms with Gasteiger partial charge in [0.25, 0.3) is 6.71 Å². The first-order valence-electron chi connectivity index (χ1n) is 21.8. The average Bonchev–Trinajstić information content (AvgIpc) is 3.89. The molecular formula is C56H38BN3O2Si. The molecule has 0 aliphatic carbocycles. The minimum atomic E-state index is -2.22. The molecule has 11 aromatic rings. The van der Waals surface area contributed by atoms with Crippen molar-refractivity contribution in [3.8, 4) is 0 Å². The Morgan fingerprint density at radius 1 is 0.381 bits per heavy atom. The summed E-state index contributed by atoms with van der Waals surface area (Å²) in [6, 6.07) is 70.8. The second-order valence-electron chi connectivity index (χ2n) is 17.7. The van der Waals surface area contributed by atoms with Crippen molar-refractivity contribution in [1.82, 2.24) is 0 Å². The summed E-state index contributed by atoms with van der Waals surface area (Å²) in [6.07, 6.45) is 0. The monoisotopic (exact) mass is 823 g/mol. The predicted octanol–water partition coefficient (Wildman–Crippen LogP) is 12.2. The first kappa shape index (κ1) is 34.9. The molecule has 0 unspecified atom stereocenters. The fraction of sp³-hybridized carbons (Fsp3) is 0.0357. The summed E-state index contributed by atoms with van der Waals surface area (Å²) in [5, 5.41) is 7.49. The Labute approximate surface area is 365 Å². The van der Waals surface area contributed by atoms with Crippen LogP contribution in [0.3, 0.4) is 0 Å². The molecule has 2 aromatic heterocycles. The van der Waals surface area contributed by atoms with E-state index in [1.165, 1.54) is 38.1 Å². The third kappa shape index (κ3) is 4.77. The Morgan fingerprint density at radius 2 is 0.825 bits per heavy atom. The summed E-state index contributed by atoms with van der Waals surface area (Å²) in [7, 11) is -2.22. The second-order valence-corrected chi connectivity index (χ2v) is 22.0. The van der Waals surface area contributed by atoms with E-state index in [9.17, 15) is 0 Å². The Bertz CT molecular complexity index is 3470. The van der Waals surface area contributed by atoms with Crippen LogP contribution in [0.5, 0.6) is 0 Å². The number of furan rings is 2. The van der Waals surface area contributed by atoms with E-state index in [4.69, 9.17) is 8.83 Å². The lowest BCUT2D eigenvalue weighted by Gasteiger charge is -2.50. The Kier molecular flexibility index (Phi) is 7.02. The molecule has 0 N–H and O–H groups in total. The predicted molar refractivity (Wildman–Crippen MR) is 266 cm³/mol. The van der Waals surface area contributed by atoms with Gasteiger partial charge in [-0.1, -0.05) is 121 Å². The van der Waals surface area contributed by atoms with E-state index in [2.05, 4.69) is 210 Å². The van der Waals surface area contributed by atoms with Crippen LogP contribution in [0, 0.1) is 0 Å². The molecule has 0 radical (unpaired) electrons. The molecule has 296 valence electrons. The average molecular weight is 824 g/mol. The lowest BCUT2D eigenvalue weighted by Crippen LogP contribution is -2.79. The van der Waals surface area contributed by atoms with Gasteiger partial charge in [-0.2, -0.15) is 0 Å². The Hall–Kier alpha value is -7.74. The van der Waals surface area contributed by atoms with E-state index < -0.39 is 8.07 Å². The molecule has 0 bridgehead atoms. The Morgan fingerprint density at radius 3 is 1.32 bits per heavy atom. The van der Waals surface area contributed by atoms with E-state index in [1.54, 1.807) is 0 Å². The fourth-order valence-electron chi connectivity index (χ4n) is 11.3. The van der Waals surface area contributed by atoms with Crippen LogP contribution in [-0.4, -0.2) is 14.8 Å². The van der Waals surface area contributed by atoms with Gasteiger partial charge < -0.3 is 23.5 Å². The minimum Gasteiger partial charge on any atom is -0.456 e. The van der Waals surface area contributed by atoms with Gasteiger partial charge in [0.1, 0.15) is 30.4 Å². The molecule has 3 aliphatic rings. The lowest BCUT2D eigenvalue weighted by molar-refractivity contribution is 0.668. The van der Waals surface area contributed by atoms with Crippen LogP contribution >= 0.6 is 0 Å². The van der Waals surface area contributed by atoms with Gasteiger partial charge in [0.15, 0.2) is 0 Å². The number of rotatable bonds is 5. The van der Waals surface area contributed by atoms with Crippen LogP contribution in [0.25, 0.3) is 43.9 Å². The summed E-state index contributed by atoms with van der Waals surface area (Å²) in [5.74, 6) is 0. The van der Waals surface area contributed by atoms with Crippen LogP contribution in [-0.2, 0) is 0 Å². The third-order valence-electron chi connectivity index (χ3n) is 14.0. The zero-order valence-corrected chi connectivity index (χ0v) is 35.7. The van der Waals surface area contributed by atoms with Crippen molar-refractivity contribution in [1.29, 1.82) is 0 Å². The number of para-hydroxylation sites is 4. The highest BCUT2D eigenvalue weighted by atomic mass is 28.3. The molecule has 0 atom stereocenters. The van der Waals surface area contributed by atoms with Gasteiger partial charge in [-0.15, -0.1) is 0 Å². The molecule has 3 aliphatic heterocycles. The number of nitrogens with zero attached hydrogens (tertiary/aromatic N) is 3. The molecule has 0 fully saturated rings. The SMILES string of the molecule is C[Si]1(C)c2cccc3c2B2c4c(cc(N(c5ccccc5)c5ccccc5)cc4N(c4ccc5c(c4)oc4ccccc45)c4cccc1c42)N3c1ccc2c(c1)oc1ccccc12. The molecule has 0 saturated carbocycles. The largest absolute Gasteiger partial charge is 0.456 e. The van der Waals surface area contributed by atoms with E-state index >= 15 is 0 Å². The molecule has 0 amide bonds. The molecule has 63 heavy (non-hydrogen) atoms. The zero-order valence-electron chi connectivity index (χ0n) is 34.7. The van der Waals surface area contributed by atoms with E-state index in [0.717, 1.165) is 83.7 Å². The maximum atomic E-state index is 6.61. The zero-order chi connectivity index (χ0) is 41.6. The summed E-state index contributed by atoms with van der Waals surface area (Å²) in [5.41, 5.74) is 17.9. The van der Waals surface area contributed by atoms with Crippen LogP contribution < -0.4 is 41.5 Å². The van der Waals surface area contributed by atoms with Gasteiger partial charge in [0.2, 0.25) is 0 Å². The van der Waals surface area contributed by atoms with E-state index in [0.29, 0.717) is 0 Å². The maximum absolute atomic E-state index is 6.61. The van der Waals surface area contributed by atoms with Crippen molar-refractivity contribution >= 4 is 137 Å². The highest BCUT2D eigenvalue weighted by Crippen LogP contribution is 2.49. The van der Waals surface area contributed by atoms with Gasteiger partial charge >= 0.3 is 0 Å². The number of fused-ring (bicyclic) bond motifs is 6. The van der Waals surface area contributed by atoms with Crippen molar-refractivity contribution in [3.63, 3.8) is 0 Å². The summed E-state index contributed by atoms with van der Waals surface area (Å²) in [4.78, 5) is 7.46. The molecule has 9 aromatic carbocycles. The highest BCUT2D eigenvalue weighted by Gasteiger charge is 2.52. The van der Waals surface area contributed by atoms with Crippen molar-refractivity contribution in [3.05, 3.63) is 194 Å². The van der Waals surface area contributed by atoms with Crippen molar-refractivity contribution in [2.24, 2.45) is 0 Å². The first-order valence-corrected chi connectivity index (χ1v) is 24.8. The highest BCUT2D eigenvalue weighted by molar-refractivity contribution is 7.16. The summed E-state index contributed by atoms with van der Waals surface area (Å²) < 4.78 is 13.2. The van der Waals surface area contributed by atoms with Crippen LogP contribution in [0.2, 0.25) is 13.1 Å². The molecule has 14 rings (SSSR count). The van der Waals surface area contributed by atoms with Crippen molar-refractivity contribution in [2.75, 3.05) is 14.7 Å². The molecule has 5 heterocycles. The van der Waals surface area contributed by atoms with Gasteiger partial charge in [0, 0.05) is 79.2 Å². The van der Waals surface area contributed by atoms with Crippen LogP contribution in [0.1, 0.15) is 0 Å². The molecule has 7 heteroatoms. The van der Waals surface area contributed by atoms with Crippen LogP contribution in [0.15, 0.2) is 203 Å². The molecular weight excluding hydrogens is 786 g/mol. The van der Waals surface area contributed by atoms with E-state index in [1.807, 2.05) is 12.1 Å². The van der Waals surface area contributed by atoms with Crippen LogP contribution in [0.4, 0.5) is 51.2 Å². The maximum Gasteiger partial charge on any atom is 0.251 e. The summed E-state index contributed by atoms with van der Waals surface area (Å²) in [6.45, 7) is 5.12. The smallest absolute Gasteiger partial charge is 0.251 e. The summed E-state index contributed by atoms with van der Waals surface area (Å²) >= 11 is 0. The first-order chi connectivity index (χ1) is 31.0.